The fourth-order valence-electron chi connectivity index (χ4n) is 4.02. The number of amides is 2. The largest absolute Gasteiger partial charge is 0.394 e. The lowest BCUT2D eigenvalue weighted by molar-refractivity contribution is 0.172. The van der Waals surface area contributed by atoms with Gasteiger partial charge in [-0.15, -0.1) is 0 Å². The minimum absolute atomic E-state index is 0.0441. The van der Waals surface area contributed by atoms with Crippen molar-refractivity contribution in [2.45, 2.75) is 44.2 Å². The Hall–Kier alpha value is -2.38. The lowest BCUT2D eigenvalue weighted by Crippen LogP contribution is -2.47. The van der Waals surface area contributed by atoms with Gasteiger partial charge in [0.05, 0.1) is 29.4 Å². The van der Waals surface area contributed by atoms with Crippen LogP contribution in [0.2, 0.25) is 5.02 Å². The molecule has 0 unspecified atom stereocenters. The summed E-state index contributed by atoms with van der Waals surface area (Å²) < 4.78 is 0. The highest BCUT2D eigenvalue weighted by atomic mass is 35.5. The number of carbonyl (C=O) groups excluding carboxylic acids is 1. The number of urea groups is 1. The van der Waals surface area contributed by atoms with Crippen LogP contribution in [0.4, 0.5) is 22.2 Å². The zero-order valence-electron chi connectivity index (χ0n) is 15.9. The van der Waals surface area contributed by atoms with E-state index in [9.17, 15) is 9.90 Å². The molecule has 8 heteroatoms. The third kappa shape index (κ3) is 3.40. The van der Waals surface area contributed by atoms with Gasteiger partial charge in [-0.2, -0.15) is 4.98 Å². The second kappa shape index (κ2) is 7.56. The van der Waals surface area contributed by atoms with Crippen LogP contribution >= 0.6 is 11.6 Å². The fourth-order valence-corrected chi connectivity index (χ4v) is 4.25. The van der Waals surface area contributed by atoms with Gasteiger partial charge in [0.1, 0.15) is 5.82 Å². The summed E-state index contributed by atoms with van der Waals surface area (Å²) in [6, 6.07) is 7.08. The maximum Gasteiger partial charge on any atom is 0.330 e. The standard InChI is InChI=1S/C20H24ClN5O2/c1-25-17-14(12-26(19(25)28)16-8-4-3-7-15(16)21)11-22-18(23-17)24-20(13-27)9-5-2-6-10-20/h3-4,7-8,11,27H,2,5-6,9-10,12-13H2,1H3,(H,22,23,24). The first-order valence-electron chi connectivity index (χ1n) is 9.58. The van der Waals surface area contributed by atoms with E-state index in [0.717, 1.165) is 31.2 Å². The average molecular weight is 402 g/mol. The third-order valence-corrected chi connectivity index (χ3v) is 5.96. The minimum atomic E-state index is -0.382. The van der Waals surface area contributed by atoms with E-state index in [1.807, 2.05) is 18.2 Å². The summed E-state index contributed by atoms with van der Waals surface area (Å²) in [5, 5.41) is 13.8. The second-order valence-corrected chi connectivity index (χ2v) is 7.95. The molecule has 28 heavy (non-hydrogen) atoms. The Bertz CT molecular complexity index is 885. The second-order valence-electron chi connectivity index (χ2n) is 7.55. The van der Waals surface area contributed by atoms with Gasteiger partial charge in [-0.05, 0) is 25.0 Å². The molecular weight excluding hydrogens is 378 g/mol. The van der Waals surface area contributed by atoms with E-state index in [1.165, 1.54) is 11.3 Å². The summed E-state index contributed by atoms with van der Waals surface area (Å²) in [6.45, 7) is 0.399. The van der Waals surface area contributed by atoms with Crippen molar-refractivity contribution in [3.63, 3.8) is 0 Å². The van der Waals surface area contributed by atoms with Crippen LogP contribution in [0.25, 0.3) is 0 Å². The molecule has 0 spiro atoms. The highest BCUT2D eigenvalue weighted by molar-refractivity contribution is 6.34. The molecule has 1 aromatic carbocycles. The normalized spacial score (nSPS) is 18.8. The molecular formula is C20H24ClN5O2. The van der Waals surface area contributed by atoms with Gasteiger partial charge in [-0.25, -0.2) is 9.78 Å². The smallest absolute Gasteiger partial charge is 0.330 e. The highest BCUT2D eigenvalue weighted by Gasteiger charge is 2.34. The molecule has 2 aliphatic rings. The number of benzene rings is 1. The predicted octanol–water partition coefficient (Wildman–Crippen LogP) is 3.81. The molecule has 1 aliphatic heterocycles. The molecule has 148 valence electrons. The number of aliphatic hydroxyl groups is 1. The molecule has 1 aliphatic carbocycles. The summed E-state index contributed by atoms with van der Waals surface area (Å²) in [5.41, 5.74) is 1.12. The molecule has 2 aromatic rings. The Morgan fingerprint density at radius 1 is 1.25 bits per heavy atom. The van der Waals surface area contributed by atoms with Crippen LogP contribution in [0.5, 0.6) is 0 Å². The number of anilines is 3. The van der Waals surface area contributed by atoms with E-state index in [-0.39, 0.29) is 18.2 Å². The van der Waals surface area contributed by atoms with Crippen molar-refractivity contribution in [1.29, 1.82) is 0 Å². The van der Waals surface area contributed by atoms with E-state index in [0.29, 0.717) is 29.0 Å². The Balaban J connectivity index is 1.62. The Labute approximate surface area is 169 Å². The van der Waals surface area contributed by atoms with Crippen LogP contribution < -0.4 is 15.1 Å². The molecule has 4 rings (SSSR count). The number of halogens is 1. The first-order chi connectivity index (χ1) is 13.5. The number of carbonyl (C=O) groups is 1. The van der Waals surface area contributed by atoms with Crippen LogP contribution in [0.1, 0.15) is 37.7 Å². The molecule has 0 bridgehead atoms. The molecule has 7 nitrogen and oxygen atoms in total. The Morgan fingerprint density at radius 3 is 2.71 bits per heavy atom. The lowest BCUT2D eigenvalue weighted by Gasteiger charge is -2.37. The minimum Gasteiger partial charge on any atom is -0.394 e. The zero-order valence-corrected chi connectivity index (χ0v) is 16.6. The van der Waals surface area contributed by atoms with Crippen molar-refractivity contribution >= 4 is 35.1 Å². The van der Waals surface area contributed by atoms with Crippen molar-refractivity contribution in [3.8, 4) is 0 Å². The Kier molecular flexibility index (Phi) is 5.12. The summed E-state index contributed by atoms with van der Waals surface area (Å²) >= 11 is 6.29. The van der Waals surface area contributed by atoms with Gasteiger partial charge < -0.3 is 10.4 Å². The number of nitrogens with zero attached hydrogens (tertiary/aromatic N) is 4. The average Bonchev–Trinajstić information content (AvgIpc) is 2.72. The number of fused-ring (bicyclic) bond motifs is 1. The van der Waals surface area contributed by atoms with Crippen molar-refractivity contribution in [1.82, 2.24) is 9.97 Å². The first-order valence-corrected chi connectivity index (χ1v) is 9.95. The summed E-state index contributed by atoms with van der Waals surface area (Å²) in [5.74, 6) is 1.02. The number of aromatic nitrogens is 2. The number of nitrogens with one attached hydrogen (secondary N) is 1. The molecule has 1 saturated carbocycles. The number of hydrogen-bond donors (Lipinski definition) is 2. The van der Waals surface area contributed by atoms with Crippen LogP contribution in [-0.4, -0.2) is 40.3 Å². The highest BCUT2D eigenvalue weighted by Crippen LogP contribution is 2.35. The first kappa shape index (κ1) is 19.0. The van der Waals surface area contributed by atoms with E-state index in [2.05, 4.69) is 15.3 Å². The molecule has 2 heterocycles. The fraction of sp³-hybridized carbons (Fsp3) is 0.450. The van der Waals surface area contributed by atoms with Gasteiger partial charge in [-0.3, -0.25) is 9.80 Å². The van der Waals surface area contributed by atoms with Gasteiger partial charge in [-0.1, -0.05) is 43.0 Å². The number of aliphatic hydroxyl groups excluding tert-OH is 1. The molecule has 2 amide bonds. The monoisotopic (exact) mass is 401 g/mol. The van der Waals surface area contributed by atoms with E-state index in [1.54, 1.807) is 24.2 Å². The van der Waals surface area contributed by atoms with Gasteiger partial charge in [0.25, 0.3) is 0 Å². The van der Waals surface area contributed by atoms with Crippen LogP contribution in [0.3, 0.4) is 0 Å². The van der Waals surface area contributed by atoms with Gasteiger partial charge >= 0.3 is 6.03 Å². The van der Waals surface area contributed by atoms with E-state index >= 15 is 0 Å². The van der Waals surface area contributed by atoms with Crippen molar-refractivity contribution in [2.24, 2.45) is 0 Å². The molecule has 0 radical (unpaired) electrons. The maximum atomic E-state index is 12.9. The van der Waals surface area contributed by atoms with E-state index < -0.39 is 0 Å². The molecule has 2 N–H and O–H groups in total. The van der Waals surface area contributed by atoms with E-state index in [4.69, 9.17) is 11.6 Å². The SMILES string of the molecule is CN1C(=O)N(c2ccccc2Cl)Cc2cnc(NC3(CO)CCCCC3)nc21. The Morgan fingerprint density at radius 2 is 2.00 bits per heavy atom. The van der Waals surface area contributed by atoms with Gasteiger partial charge in [0.15, 0.2) is 0 Å². The van der Waals surface area contributed by atoms with Crippen molar-refractivity contribution < 1.29 is 9.90 Å². The van der Waals surface area contributed by atoms with Crippen LogP contribution in [0, 0.1) is 0 Å². The molecule has 1 fully saturated rings. The van der Waals surface area contributed by atoms with Gasteiger partial charge in [0.2, 0.25) is 5.95 Å². The molecule has 0 saturated heterocycles. The maximum absolute atomic E-state index is 12.9. The topological polar surface area (TPSA) is 81.6 Å². The van der Waals surface area contributed by atoms with Gasteiger partial charge in [0, 0.05) is 18.8 Å². The quantitative estimate of drug-likeness (QED) is 0.814. The number of para-hydroxylation sites is 1. The van der Waals surface area contributed by atoms with Crippen LogP contribution in [-0.2, 0) is 6.54 Å². The lowest BCUT2D eigenvalue weighted by atomic mass is 9.82. The predicted molar refractivity (Wildman–Crippen MR) is 110 cm³/mol. The number of hydrogen-bond acceptors (Lipinski definition) is 5. The summed E-state index contributed by atoms with van der Waals surface area (Å²) in [6.07, 6.45) is 6.85. The van der Waals surface area contributed by atoms with Crippen molar-refractivity contribution in [3.05, 3.63) is 41.0 Å². The van der Waals surface area contributed by atoms with Crippen molar-refractivity contribution in [2.75, 3.05) is 28.8 Å². The third-order valence-electron chi connectivity index (χ3n) is 5.64. The molecule has 0 atom stereocenters. The molecule has 1 aromatic heterocycles. The zero-order chi connectivity index (χ0) is 19.7. The van der Waals surface area contributed by atoms with Crippen LogP contribution in [0.15, 0.2) is 30.5 Å². The number of rotatable bonds is 4. The summed E-state index contributed by atoms with van der Waals surface area (Å²) in [4.78, 5) is 25.1. The summed E-state index contributed by atoms with van der Waals surface area (Å²) in [7, 11) is 1.70.